The molecule has 0 aliphatic carbocycles. The van der Waals surface area contributed by atoms with Crippen LogP contribution in [0.3, 0.4) is 0 Å². The molecule has 1 unspecified atom stereocenters. The summed E-state index contributed by atoms with van der Waals surface area (Å²) in [4.78, 5) is 0. The van der Waals surface area contributed by atoms with Crippen molar-refractivity contribution < 1.29 is 13.1 Å². The van der Waals surface area contributed by atoms with Crippen LogP contribution < -0.4 is 0 Å². The van der Waals surface area contributed by atoms with Gasteiger partial charge in [0.15, 0.2) is 6.29 Å². The molecule has 29 heavy (non-hydrogen) atoms. The lowest BCUT2D eigenvalue weighted by molar-refractivity contribution is -0.0843. The molecular weight excluding hydrogens is 379 g/mol. The minimum atomic E-state index is -1.53. The van der Waals surface area contributed by atoms with Gasteiger partial charge in [0.1, 0.15) is 0 Å². The third-order valence-electron chi connectivity index (χ3n) is 5.15. The Bertz CT molecular complexity index is 329. The number of ether oxygens (including phenoxy) is 1. The fourth-order valence-electron chi connectivity index (χ4n) is 3.32. The zero-order valence-corrected chi connectivity index (χ0v) is 21.0. The molecule has 0 saturated carbocycles. The van der Waals surface area contributed by atoms with Crippen LogP contribution in [0.1, 0.15) is 117 Å². The predicted molar refractivity (Wildman–Crippen MR) is 132 cm³/mol. The van der Waals surface area contributed by atoms with Crippen molar-refractivity contribution in [3.05, 3.63) is 0 Å². The smallest absolute Gasteiger partial charge is 0.180 e. The highest BCUT2D eigenvalue weighted by Crippen LogP contribution is 2.44. The molecule has 0 saturated heterocycles. The van der Waals surface area contributed by atoms with Gasteiger partial charge in [0, 0.05) is 25.5 Å². The maximum atomic E-state index is 6.32. The molecule has 0 aromatic heterocycles. The number of unbranched alkanes of at least 4 members (excludes halogenated alkanes) is 12. The van der Waals surface area contributed by atoms with Crippen molar-refractivity contribution in [2.75, 3.05) is 25.7 Å². The Morgan fingerprint density at radius 3 is 1.76 bits per heavy atom. The first kappa shape index (κ1) is 29.3. The van der Waals surface area contributed by atoms with Gasteiger partial charge >= 0.3 is 0 Å². The second kappa shape index (κ2) is 21.5. The first-order chi connectivity index (χ1) is 14.1. The third-order valence-corrected chi connectivity index (χ3v) is 6.56. The van der Waals surface area contributed by atoms with Gasteiger partial charge in [-0.3, -0.25) is 8.37 Å². The van der Waals surface area contributed by atoms with Crippen LogP contribution in [0.25, 0.3) is 0 Å². The van der Waals surface area contributed by atoms with Gasteiger partial charge in [-0.1, -0.05) is 97.2 Å². The largest absolute Gasteiger partial charge is 0.351 e. The van der Waals surface area contributed by atoms with Crippen LogP contribution in [0, 0.1) is 0 Å². The van der Waals surface area contributed by atoms with E-state index in [0.29, 0.717) is 0 Å². The lowest BCUT2D eigenvalue weighted by atomic mass is 9.99. The van der Waals surface area contributed by atoms with Crippen LogP contribution in [0.4, 0.5) is 0 Å². The van der Waals surface area contributed by atoms with Crippen molar-refractivity contribution >= 4 is 18.4 Å². The van der Waals surface area contributed by atoms with Crippen LogP contribution in [-0.2, 0) is 13.1 Å². The average molecular weight is 431 g/mol. The standard InChI is InChI=1S/C24H51BO3S/c1-5-7-9-11-13-18-22-26-24(20-16-15-17-21-25)28-29(3,4)27-23-19-14-12-10-8-6-2/h24H,5-23H2,1-4H3. The second-order valence-electron chi connectivity index (χ2n) is 8.54. The molecule has 0 N–H and O–H groups in total. The van der Waals surface area contributed by atoms with E-state index in [4.69, 9.17) is 20.9 Å². The Balaban J connectivity index is 4.11. The van der Waals surface area contributed by atoms with E-state index in [1.807, 2.05) is 0 Å². The molecule has 0 amide bonds. The Morgan fingerprint density at radius 2 is 1.17 bits per heavy atom. The molecule has 0 aromatic rings. The summed E-state index contributed by atoms with van der Waals surface area (Å²) in [6, 6.07) is 0. The molecule has 0 aliphatic rings. The van der Waals surface area contributed by atoms with Crippen molar-refractivity contribution in [2.24, 2.45) is 0 Å². The summed E-state index contributed by atoms with van der Waals surface area (Å²) in [5.74, 6) is 0. The highest BCUT2D eigenvalue weighted by atomic mass is 32.3. The normalized spacial score (nSPS) is 13.7. The maximum Gasteiger partial charge on any atom is 0.180 e. The van der Waals surface area contributed by atoms with Crippen molar-refractivity contribution in [1.82, 2.24) is 0 Å². The van der Waals surface area contributed by atoms with Crippen molar-refractivity contribution in [3.8, 4) is 0 Å². The molecule has 0 aliphatic heterocycles. The highest BCUT2D eigenvalue weighted by molar-refractivity contribution is 8.24. The molecule has 174 valence electrons. The van der Waals surface area contributed by atoms with E-state index in [2.05, 4.69) is 26.4 Å². The molecule has 1 atom stereocenters. The number of hydrogen-bond acceptors (Lipinski definition) is 3. The quantitative estimate of drug-likeness (QED) is 0.0930. The summed E-state index contributed by atoms with van der Waals surface area (Å²) in [5, 5.41) is 0. The average Bonchev–Trinajstić information content (AvgIpc) is 2.69. The maximum absolute atomic E-state index is 6.32. The molecule has 0 rings (SSSR count). The van der Waals surface area contributed by atoms with Gasteiger partial charge in [0.2, 0.25) is 0 Å². The Hall–Kier alpha value is 0.295. The third kappa shape index (κ3) is 21.3. The van der Waals surface area contributed by atoms with Crippen LogP contribution in [0.5, 0.6) is 0 Å². The van der Waals surface area contributed by atoms with Gasteiger partial charge in [-0.05, 0) is 19.3 Å². The van der Waals surface area contributed by atoms with Gasteiger partial charge in [-0.15, -0.1) is 0 Å². The van der Waals surface area contributed by atoms with E-state index in [1.165, 1.54) is 64.2 Å². The fourth-order valence-corrected chi connectivity index (χ4v) is 4.56. The molecule has 0 aromatic carbocycles. The van der Waals surface area contributed by atoms with E-state index < -0.39 is 10.6 Å². The molecule has 2 radical (unpaired) electrons. The van der Waals surface area contributed by atoms with E-state index >= 15 is 0 Å². The zero-order valence-electron chi connectivity index (χ0n) is 20.2. The number of rotatable bonds is 23. The molecule has 3 nitrogen and oxygen atoms in total. The fraction of sp³-hybridized carbons (Fsp3) is 1.00. The molecule has 0 bridgehead atoms. The van der Waals surface area contributed by atoms with E-state index in [0.717, 1.165) is 58.1 Å². The predicted octanol–water partition coefficient (Wildman–Crippen LogP) is 8.12. The number of hydrogen-bond donors (Lipinski definition) is 0. The van der Waals surface area contributed by atoms with Gasteiger partial charge in [0.05, 0.1) is 14.5 Å². The van der Waals surface area contributed by atoms with Gasteiger partial charge < -0.3 is 4.74 Å². The van der Waals surface area contributed by atoms with Crippen molar-refractivity contribution in [3.63, 3.8) is 0 Å². The summed E-state index contributed by atoms with van der Waals surface area (Å²) in [7, 11) is 4.10. The molecule has 5 heteroatoms. The Labute approximate surface area is 186 Å². The summed E-state index contributed by atoms with van der Waals surface area (Å²) in [6.07, 6.45) is 24.5. The molecule has 0 spiro atoms. The molecular formula is C24H51BO3S. The van der Waals surface area contributed by atoms with Crippen LogP contribution in [0.15, 0.2) is 0 Å². The summed E-state index contributed by atoms with van der Waals surface area (Å²) in [6.45, 7) is 6.11. The summed E-state index contributed by atoms with van der Waals surface area (Å²) < 4.78 is 18.6. The van der Waals surface area contributed by atoms with E-state index in [-0.39, 0.29) is 6.29 Å². The SMILES string of the molecule is [B]CCCCCC(OCCCCCCCC)OS(C)(C)OCCCCCCCC. The van der Waals surface area contributed by atoms with Gasteiger partial charge in [0.25, 0.3) is 0 Å². The minimum Gasteiger partial charge on any atom is -0.351 e. The van der Waals surface area contributed by atoms with Crippen molar-refractivity contribution in [1.29, 1.82) is 0 Å². The van der Waals surface area contributed by atoms with Gasteiger partial charge in [-0.2, -0.15) is 10.6 Å². The first-order valence-corrected chi connectivity index (χ1v) is 14.7. The summed E-state index contributed by atoms with van der Waals surface area (Å²) in [5.41, 5.74) is 0. The lowest BCUT2D eigenvalue weighted by Gasteiger charge is -2.38. The van der Waals surface area contributed by atoms with E-state index in [9.17, 15) is 0 Å². The zero-order chi connectivity index (χ0) is 21.6. The lowest BCUT2D eigenvalue weighted by Crippen LogP contribution is -2.21. The summed E-state index contributed by atoms with van der Waals surface area (Å²) >= 11 is 0. The van der Waals surface area contributed by atoms with Crippen LogP contribution in [0.2, 0.25) is 6.32 Å². The Kier molecular flexibility index (Phi) is 21.7. The van der Waals surface area contributed by atoms with E-state index in [1.54, 1.807) is 0 Å². The highest BCUT2D eigenvalue weighted by Gasteiger charge is 2.18. The monoisotopic (exact) mass is 430 g/mol. The molecule has 0 heterocycles. The topological polar surface area (TPSA) is 27.7 Å². The van der Waals surface area contributed by atoms with Crippen molar-refractivity contribution in [2.45, 2.75) is 129 Å². The first-order valence-electron chi connectivity index (χ1n) is 12.4. The second-order valence-corrected chi connectivity index (χ2v) is 11.2. The van der Waals surface area contributed by atoms with Crippen LogP contribution >= 0.6 is 10.6 Å². The minimum absolute atomic E-state index is 0.141. The van der Waals surface area contributed by atoms with Crippen LogP contribution in [-0.4, -0.2) is 39.9 Å². The molecule has 0 fully saturated rings. The van der Waals surface area contributed by atoms with Gasteiger partial charge in [-0.25, -0.2) is 0 Å². The Morgan fingerprint density at radius 1 is 0.655 bits per heavy atom.